The summed E-state index contributed by atoms with van der Waals surface area (Å²) in [5.41, 5.74) is -1.48. The maximum Gasteiger partial charge on any atom is 0.337 e. The minimum Gasteiger partial charge on any atom is -0.489 e. The zero-order valence-electron chi connectivity index (χ0n) is 13.1. The van der Waals surface area contributed by atoms with Gasteiger partial charge in [-0.2, -0.15) is 5.26 Å². The van der Waals surface area contributed by atoms with Crippen molar-refractivity contribution < 1.29 is 24.5 Å². The molecule has 0 aromatic heterocycles. The van der Waals surface area contributed by atoms with Crippen LogP contribution in [0.1, 0.15) is 26.3 Å². The topological polar surface area (TPSA) is 132 Å². The Morgan fingerprint density at radius 3 is 2.61 bits per heavy atom. The van der Waals surface area contributed by atoms with Crippen LogP contribution in [-0.4, -0.2) is 40.5 Å². The number of aliphatic carboxylic acids is 1. The quantitative estimate of drug-likeness (QED) is 0.624. The number of nitrogens with zero attached hydrogens (tertiary/aromatic N) is 1. The Hall–Kier alpha value is -2.79. The van der Waals surface area contributed by atoms with Crippen molar-refractivity contribution in [2.45, 2.75) is 32.5 Å². The fraction of sp³-hybridized carbons (Fsp3) is 0.400. The van der Waals surface area contributed by atoms with Gasteiger partial charge in [-0.25, -0.2) is 9.59 Å². The van der Waals surface area contributed by atoms with Crippen LogP contribution in [0, 0.1) is 11.3 Å². The molecule has 0 saturated heterocycles. The van der Waals surface area contributed by atoms with Gasteiger partial charge in [0.05, 0.1) is 30.0 Å². The van der Waals surface area contributed by atoms with Crippen molar-refractivity contribution in [3.05, 3.63) is 23.8 Å². The van der Waals surface area contributed by atoms with Gasteiger partial charge < -0.3 is 25.6 Å². The zero-order chi connectivity index (χ0) is 17.6. The smallest absolute Gasteiger partial charge is 0.337 e. The summed E-state index contributed by atoms with van der Waals surface area (Å²) in [5.74, 6) is -1.08. The monoisotopic (exact) mass is 321 g/mol. The molecule has 0 fully saturated rings. The molecule has 0 heterocycles. The predicted octanol–water partition coefficient (Wildman–Crippen LogP) is 1.30. The van der Waals surface area contributed by atoms with Gasteiger partial charge in [0.15, 0.2) is 5.60 Å². The van der Waals surface area contributed by atoms with Crippen LogP contribution in [0.4, 0.5) is 10.5 Å². The van der Waals surface area contributed by atoms with E-state index in [2.05, 4.69) is 10.6 Å². The summed E-state index contributed by atoms with van der Waals surface area (Å²) in [4.78, 5) is 22.6. The number of ether oxygens (including phenoxy) is 1. The van der Waals surface area contributed by atoms with Gasteiger partial charge in [0, 0.05) is 0 Å². The van der Waals surface area contributed by atoms with E-state index in [-0.39, 0.29) is 11.8 Å². The van der Waals surface area contributed by atoms with Gasteiger partial charge in [0.25, 0.3) is 0 Å². The number of hydrogen-bond acceptors (Lipinski definition) is 5. The van der Waals surface area contributed by atoms with E-state index in [0.717, 1.165) is 6.92 Å². The number of carboxylic acid groups (broad SMARTS) is 1. The third-order valence-electron chi connectivity index (χ3n) is 2.77. The van der Waals surface area contributed by atoms with E-state index in [1.54, 1.807) is 12.1 Å². The maximum absolute atomic E-state index is 11.9. The summed E-state index contributed by atoms with van der Waals surface area (Å²) in [6.07, 6.45) is -0.140. The molecule has 0 bridgehead atoms. The molecule has 1 rings (SSSR count). The first kappa shape index (κ1) is 18.3. The molecule has 1 unspecified atom stereocenters. The Balaban J connectivity index is 2.84. The molecule has 0 aliphatic heterocycles. The third kappa shape index (κ3) is 5.48. The molecular formula is C15H19N3O5. The Labute approximate surface area is 133 Å². The molecule has 8 nitrogen and oxygen atoms in total. The minimum absolute atomic E-state index is 0.140. The third-order valence-corrected chi connectivity index (χ3v) is 2.77. The minimum atomic E-state index is -2.08. The lowest BCUT2D eigenvalue weighted by molar-refractivity contribution is -0.155. The molecule has 2 amide bonds. The number of benzene rings is 1. The highest BCUT2D eigenvalue weighted by molar-refractivity contribution is 5.91. The van der Waals surface area contributed by atoms with Crippen molar-refractivity contribution in [3.63, 3.8) is 0 Å². The van der Waals surface area contributed by atoms with Gasteiger partial charge in [-0.1, -0.05) is 0 Å². The lowest BCUT2D eigenvalue weighted by Crippen LogP contribution is -2.47. The second kappa shape index (κ2) is 7.47. The largest absolute Gasteiger partial charge is 0.489 e. The van der Waals surface area contributed by atoms with E-state index >= 15 is 0 Å². The summed E-state index contributed by atoms with van der Waals surface area (Å²) >= 11 is 0. The van der Waals surface area contributed by atoms with Crippen molar-refractivity contribution in [1.29, 1.82) is 5.26 Å². The molecule has 0 radical (unpaired) electrons. The molecule has 8 heteroatoms. The van der Waals surface area contributed by atoms with Crippen LogP contribution in [0.5, 0.6) is 5.75 Å². The summed E-state index contributed by atoms with van der Waals surface area (Å²) in [6.45, 7) is 4.21. The van der Waals surface area contributed by atoms with Gasteiger partial charge in [0.2, 0.25) is 0 Å². The van der Waals surface area contributed by atoms with Crippen LogP contribution in [-0.2, 0) is 4.79 Å². The molecule has 23 heavy (non-hydrogen) atoms. The van der Waals surface area contributed by atoms with Crippen molar-refractivity contribution in [1.82, 2.24) is 5.32 Å². The molecular weight excluding hydrogens is 302 g/mol. The molecule has 1 aromatic rings. The number of carboxylic acids is 1. The number of aliphatic hydroxyl groups is 1. The highest BCUT2D eigenvalue weighted by atomic mass is 16.5. The maximum atomic E-state index is 11.9. The normalized spacial score (nSPS) is 12.9. The average Bonchev–Trinajstić information content (AvgIpc) is 2.46. The molecule has 4 N–H and O–H groups in total. The second-order valence-electron chi connectivity index (χ2n) is 5.38. The number of nitriles is 1. The average molecular weight is 321 g/mol. The highest BCUT2D eigenvalue weighted by Gasteiger charge is 2.30. The summed E-state index contributed by atoms with van der Waals surface area (Å²) in [7, 11) is 0. The van der Waals surface area contributed by atoms with Gasteiger partial charge in [-0.05, 0) is 39.0 Å². The number of amides is 2. The lowest BCUT2D eigenvalue weighted by Gasteiger charge is -2.19. The second-order valence-corrected chi connectivity index (χ2v) is 5.38. The number of carbonyl (C=O) groups excluding carboxylic acids is 1. The van der Waals surface area contributed by atoms with E-state index in [1.165, 1.54) is 6.07 Å². The van der Waals surface area contributed by atoms with Crippen molar-refractivity contribution in [3.8, 4) is 11.8 Å². The van der Waals surface area contributed by atoms with E-state index < -0.39 is 24.1 Å². The number of hydrogen-bond donors (Lipinski definition) is 4. The summed E-state index contributed by atoms with van der Waals surface area (Å²) < 4.78 is 5.53. The number of urea groups is 1. The molecule has 124 valence electrons. The Kier molecular flexibility index (Phi) is 5.93. The van der Waals surface area contributed by atoms with Crippen LogP contribution < -0.4 is 15.4 Å². The van der Waals surface area contributed by atoms with Gasteiger partial charge in [-0.3, -0.25) is 0 Å². The van der Waals surface area contributed by atoms with Gasteiger partial charge >= 0.3 is 12.0 Å². The molecule has 0 saturated carbocycles. The van der Waals surface area contributed by atoms with E-state index in [9.17, 15) is 14.7 Å². The van der Waals surface area contributed by atoms with Crippen LogP contribution in [0.15, 0.2) is 18.2 Å². The number of anilines is 1. The predicted molar refractivity (Wildman–Crippen MR) is 82.2 cm³/mol. The summed E-state index contributed by atoms with van der Waals surface area (Å²) in [6, 6.07) is 5.77. The fourth-order valence-electron chi connectivity index (χ4n) is 1.55. The Morgan fingerprint density at radius 2 is 2.09 bits per heavy atom. The van der Waals surface area contributed by atoms with Crippen molar-refractivity contribution in [2.24, 2.45) is 0 Å². The molecule has 0 aliphatic carbocycles. The highest BCUT2D eigenvalue weighted by Crippen LogP contribution is 2.26. The molecule has 0 spiro atoms. The van der Waals surface area contributed by atoms with Crippen LogP contribution in [0.2, 0.25) is 0 Å². The summed E-state index contributed by atoms with van der Waals surface area (Å²) in [5, 5.41) is 32.0. The number of nitrogens with one attached hydrogen (secondary N) is 2. The molecule has 0 aliphatic rings. The lowest BCUT2D eigenvalue weighted by atomic mass is 10.1. The van der Waals surface area contributed by atoms with E-state index in [0.29, 0.717) is 11.3 Å². The van der Waals surface area contributed by atoms with E-state index in [4.69, 9.17) is 15.1 Å². The molecule has 1 atom stereocenters. The first-order chi connectivity index (χ1) is 10.7. The first-order valence-corrected chi connectivity index (χ1v) is 6.87. The van der Waals surface area contributed by atoms with Crippen molar-refractivity contribution in [2.75, 3.05) is 11.9 Å². The van der Waals surface area contributed by atoms with Crippen LogP contribution in [0.25, 0.3) is 0 Å². The van der Waals surface area contributed by atoms with Crippen molar-refractivity contribution >= 4 is 17.7 Å². The van der Waals surface area contributed by atoms with Crippen LogP contribution in [0.3, 0.4) is 0 Å². The van der Waals surface area contributed by atoms with Gasteiger partial charge in [0.1, 0.15) is 5.75 Å². The first-order valence-electron chi connectivity index (χ1n) is 6.87. The SMILES string of the molecule is CC(C)Oc1ccc(C#N)cc1NC(=O)NCC(C)(O)C(=O)O. The Morgan fingerprint density at radius 1 is 1.43 bits per heavy atom. The number of carbonyl (C=O) groups is 2. The zero-order valence-corrected chi connectivity index (χ0v) is 13.1. The van der Waals surface area contributed by atoms with Crippen LogP contribution >= 0.6 is 0 Å². The standard InChI is InChI=1S/C15H19N3O5/c1-9(2)23-12-5-4-10(7-16)6-11(12)18-14(21)17-8-15(3,22)13(19)20/h4-6,9,22H,8H2,1-3H3,(H,19,20)(H2,17,18,21). The molecule has 1 aromatic carbocycles. The fourth-order valence-corrected chi connectivity index (χ4v) is 1.55. The number of rotatable bonds is 6. The Bertz CT molecular complexity index is 634. The van der Waals surface area contributed by atoms with E-state index in [1.807, 2.05) is 19.9 Å². The van der Waals surface area contributed by atoms with Gasteiger partial charge in [-0.15, -0.1) is 0 Å².